The van der Waals surface area contributed by atoms with Crippen LogP contribution in [-0.2, 0) is 28.7 Å². The molecule has 3 aliphatic rings. The molecule has 3 fully saturated rings. The summed E-state index contributed by atoms with van der Waals surface area (Å²) in [5.41, 5.74) is 0.0756. The number of nitrogens with zero attached hydrogens (tertiary/aromatic N) is 2. The van der Waals surface area contributed by atoms with Crippen molar-refractivity contribution in [3.05, 3.63) is 85.5 Å². The number of allylic oxidation sites excluding steroid dienone is 1. The van der Waals surface area contributed by atoms with Gasteiger partial charge in [0.05, 0.1) is 31.6 Å². The molecule has 3 heterocycles. The highest BCUT2D eigenvalue weighted by Crippen LogP contribution is 2.59. The van der Waals surface area contributed by atoms with Crippen LogP contribution in [0.1, 0.15) is 50.2 Å². The van der Waals surface area contributed by atoms with Crippen LogP contribution in [0.5, 0.6) is 5.75 Å². The molecule has 2 N–H and O–H groups in total. The molecule has 3 saturated heterocycles. The number of aliphatic hydroxyl groups excluding tert-OH is 1. The summed E-state index contributed by atoms with van der Waals surface area (Å²) in [6, 6.07) is 15.2. The molecule has 256 valence electrons. The number of aliphatic hydroxyl groups is 1. The van der Waals surface area contributed by atoms with Gasteiger partial charge in [-0.25, -0.2) is 0 Å². The maximum Gasteiger partial charge on any atom is 0.313 e. The van der Waals surface area contributed by atoms with E-state index in [0.29, 0.717) is 49.1 Å². The summed E-state index contributed by atoms with van der Waals surface area (Å²) >= 11 is 0. The van der Waals surface area contributed by atoms with Crippen molar-refractivity contribution in [1.29, 1.82) is 0 Å². The summed E-state index contributed by atoms with van der Waals surface area (Å²) in [5.74, 6) is -2.68. The number of hydrogen-bond donors (Lipinski definition) is 2. The van der Waals surface area contributed by atoms with Gasteiger partial charge in [0.25, 0.3) is 5.91 Å². The minimum Gasteiger partial charge on any atom is -0.497 e. The SMILES string of the molecule is C=CCCC(=O)NC[C@@H](OC(=O)[C@@H]1[C@@H]2CC[C@]3(O2)[C@H](C(=O)N(CC=C)c2ccc(OC)cc2)N(CCCCO)C(=O)[C@@H]13)c1ccccc1. The molecule has 48 heavy (non-hydrogen) atoms. The monoisotopic (exact) mass is 659 g/mol. The number of benzene rings is 2. The Bertz CT molecular complexity index is 1480. The number of nitrogens with one attached hydrogen (secondary N) is 1. The van der Waals surface area contributed by atoms with Crippen molar-refractivity contribution >= 4 is 29.4 Å². The van der Waals surface area contributed by atoms with Crippen LogP contribution in [0.4, 0.5) is 5.69 Å². The lowest BCUT2D eigenvalue weighted by molar-refractivity contribution is -0.160. The normalized spacial score (nSPS) is 24.5. The summed E-state index contributed by atoms with van der Waals surface area (Å²) in [4.78, 5) is 58.7. The van der Waals surface area contributed by atoms with Crippen LogP contribution in [0, 0.1) is 11.8 Å². The number of esters is 1. The van der Waals surface area contributed by atoms with Crippen LogP contribution >= 0.6 is 0 Å². The predicted octanol–water partition coefficient (Wildman–Crippen LogP) is 3.73. The number of unbranched alkanes of at least 4 members (excludes halogenated alkanes) is 1. The van der Waals surface area contributed by atoms with E-state index in [1.807, 2.05) is 30.3 Å². The fourth-order valence-electron chi connectivity index (χ4n) is 7.34. The van der Waals surface area contributed by atoms with E-state index in [4.69, 9.17) is 14.2 Å². The highest BCUT2D eigenvalue weighted by atomic mass is 16.6. The molecule has 1 spiro atoms. The first kappa shape index (κ1) is 34.8. The van der Waals surface area contributed by atoms with Crippen molar-refractivity contribution < 1.29 is 38.5 Å². The van der Waals surface area contributed by atoms with E-state index in [1.54, 1.807) is 53.3 Å². The molecule has 2 aromatic carbocycles. The van der Waals surface area contributed by atoms with Gasteiger partial charge in [-0.15, -0.1) is 13.2 Å². The minimum atomic E-state index is -1.23. The molecule has 2 bridgehead atoms. The fraction of sp³-hybridized carbons (Fsp3) is 0.459. The molecule has 11 heteroatoms. The van der Waals surface area contributed by atoms with Crippen LogP contribution in [0.25, 0.3) is 0 Å². The van der Waals surface area contributed by atoms with Crippen molar-refractivity contribution in [2.75, 3.05) is 38.3 Å². The summed E-state index contributed by atoms with van der Waals surface area (Å²) in [6.45, 7) is 7.92. The summed E-state index contributed by atoms with van der Waals surface area (Å²) < 4.78 is 18.0. The first-order valence-electron chi connectivity index (χ1n) is 16.6. The first-order chi connectivity index (χ1) is 23.3. The number of anilines is 1. The van der Waals surface area contributed by atoms with Gasteiger partial charge in [0, 0.05) is 31.8 Å². The largest absolute Gasteiger partial charge is 0.497 e. The number of methoxy groups -OCH3 is 1. The van der Waals surface area contributed by atoms with Crippen LogP contribution in [-0.4, -0.2) is 84.8 Å². The summed E-state index contributed by atoms with van der Waals surface area (Å²) in [6.07, 6.45) is 4.50. The summed E-state index contributed by atoms with van der Waals surface area (Å²) in [5, 5.41) is 12.3. The molecule has 11 nitrogen and oxygen atoms in total. The lowest BCUT2D eigenvalue weighted by atomic mass is 9.70. The van der Waals surface area contributed by atoms with Crippen molar-refractivity contribution in [1.82, 2.24) is 10.2 Å². The van der Waals surface area contributed by atoms with Crippen molar-refractivity contribution in [2.45, 2.75) is 62.4 Å². The maximum atomic E-state index is 14.6. The number of carbonyl (C=O) groups excluding carboxylic acids is 4. The van der Waals surface area contributed by atoms with E-state index < -0.39 is 41.7 Å². The molecule has 2 aromatic rings. The van der Waals surface area contributed by atoms with Gasteiger partial charge in [-0.2, -0.15) is 0 Å². The molecule has 6 atom stereocenters. The molecule has 0 aliphatic carbocycles. The number of rotatable bonds is 17. The van der Waals surface area contributed by atoms with E-state index in [1.165, 1.54) is 0 Å². The average molecular weight is 660 g/mol. The third-order valence-electron chi connectivity index (χ3n) is 9.57. The smallest absolute Gasteiger partial charge is 0.313 e. The van der Waals surface area contributed by atoms with Crippen LogP contribution in [0.15, 0.2) is 79.9 Å². The Kier molecular flexibility index (Phi) is 11.3. The molecule has 5 rings (SSSR count). The van der Waals surface area contributed by atoms with Gasteiger partial charge in [0.15, 0.2) is 0 Å². The number of fused-ring (bicyclic) bond motifs is 1. The lowest BCUT2D eigenvalue weighted by Crippen LogP contribution is -2.56. The van der Waals surface area contributed by atoms with Gasteiger partial charge in [0.1, 0.15) is 23.5 Å². The van der Waals surface area contributed by atoms with E-state index >= 15 is 0 Å². The minimum absolute atomic E-state index is 0.0534. The fourth-order valence-corrected chi connectivity index (χ4v) is 7.34. The van der Waals surface area contributed by atoms with Gasteiger partial charge < -0.3 is 34.4 Å². The summed E-state index contributed by atoms with van der Waals surface area (Å²) in [7, 11) is 1.56. The first-order valence-corrected chi connectivity index (χ1v) is 16.6. The quantitative estimate of drug-likeness (QED) is 0.149. The number of carbonyl (C=O) groups is 4. The second-order valence-corrected chi connectivity index (χ2v) is 12.4. The highest BCUT2D eigenvalue weighted by molar-refractivity contribution is 6.04. The van der Waals surface area contributed by atoms with Gasteiger partial charge in [-0.05, 0) is 61.9 Å². The van der Waals surface area contributed by atoms with Crippen LogP contribution in [0.2, 0.25) is 0 Å². The molecule has 0 radical (unpaired) electrons. The molecule has 3 amide bonds. The van der Waals surface area contributed by atoms with Crippen molar-refractivity contribution in [2.24, 2.45) is 11.8 Å². The number of ether oxygens (including phenoxy) is 3. The molecular formula is C37H45N3O8. The van der Waals surface area contributed by atoms with E-state index in [0.717, 1.165) is 0 Å². The topological polar surface area (TPSA) is 135 Å². The lowest BCUT2D eigenvalue weighted by Gasteiger charge is -2.36. The maximum absolute atomic E-state index is 14.6. The zero-order chi connectivity index (χ0) is 34.3. The van der Waals surface area contributed by atoms with E-state index in [9.17, 15) is 24.3 Å². The third-order valence-corrected chi connectivity index (χ3v) is 9.57. The van der Waals surface area contributed by atoms with E-state index in [2.05, 4.69) is 18.5 Å². The number of amides is 3. The Balaban J connectivity index is 1.44. The Morgan fingerprint density at radius 2 is 1.88 bits per heavy atom. The van der Waals surface area contributed by atoms with E-state index in [-0.39, 0.29) is 50.4 Å². The highest BCUT2D eigenvalue weighted by Gasteiger charge is 2.75. The van der Waals surface area contributed by atoms with Crippen LogP contribution < -0.4 is 15.0 Å². The molecular weight excluding hydrogens is 614 g/mol. The average Bonchev–Trinajstić information content (AvgIpc) is 3.75. The number of hydrogen-bond acceptors (Lipinski definition) is 8. The van der Waals surface area contributed by atoms with Gasteiger partial charge >= 0.3 is 5.97 Å². The Hall–Kier alpha value is -4.48. The Labute approximate surface area is 281 Å². The Morgan fingerprint density at radius 1 is 1.12 bits per heavy atom. The standard InChI is InChI=1S/C37H45N3O8/c1-4-6-14-30(42)38-24-29(25-12-8-7-9-13-25)47-36(45)31-28-19-20-37(48-28)32(31)34(43)40(22-10-11-23-41)33(37)35(44)39(21-5-2)26-15-17-27(46-3)18-16-26/h4-5,7-9,12-13,15-18,28-29,31-33,41H,1-2,6,10-11,14,19-24H2,3H3,(H,38,42)/t28-,29+,31+,32+,33-,37+/m0/s1. The molecule has 3 aliphatic heterocycles. The predicted molar refractivity (Wildman–Crippen MR) is 179 cm³/mol. The van der Waals surface area contributed by atoms with Gasteiger partial charge in [-0.1, -0.05) is 42.5 Å². The molecule has 0 unspecified atom stereocenters. The molecule has 0 saturated carbocycles. The third kappa shape index (κ3) is 6.88. The second-order valence-electron chi connectivity index (χ2n) is 12.4. The van der Waals surface area contributed by atoms with Gasteiger partial charge in [-0.3, -0.25) is 19.2 Å². The van der Waals surface area contributed by atoms with Crippen molar-refractivity contribution in [3.8, 4) is 5.75 Å². The zero-order valence-corrected chi connectivity index (χ0v) is 27.4. The number of likely N-dealkylation sites (tertiary alicyclic amines) is 1. The molecule has 0 aromatic heterocycles. The van der Waals surface area contributed by atoms with Crippen LogP contribution in [0.3, 0.4) is 0 Å². The Morgan fingerprint density at radius 3 is 2.54 bits per heavy atom. The van der Waals surface area contributed by atoms with Crippen molar-refractivity contribution in [3.63, 3.8) is 0 Å². The zero-order valence-electron chi connectivity index (χ0n) is 27.4. The van der Waals surface area contributed by atoms with Gasteiger partial charge in [0.2, 0.25) is 11.8 Å². The second kappa shape index (κ2) is 15.6.